The quantitative estimate of drug-likeness (QED) is 0.587. The molecule has 2 aliphatic heterocycles. The molecule has 3 aliphatic rings. The van der Waals surface area contributed by atoms with Gasteiger partial charge >= 0.3 is 6.09 Å². The van der Waals surface area contributed by atoms with Crippen molar-refractivity contribution in [1.82, 2.24) is 0 Å². The van der Waals surface area contributed by atoms with Crippen molar-refractivity contribution in [2.75, 3.05) is 27.8 Å². The van der Waals surface area contributed by atoms with Gasteiger partial charge < -0.3 is 14.5 Å². The van der Waals surface area contributed by atoms with Crippen LogP contribution in [0.15, 0.2) is 42.5 Å². The first kappa shape index (κ1) is 23.4. The number of rotatable bonds is 3. The molecule has 7 nitrogen and oxygen atoms in total. The van der Waals surface area contributed by atoms with Crippen LogP contribution in [0.2, 0.25) is 0 Å². The van der Waals surface area contributed by atoms with Gasteiger partial charge in [0.25, 0.3) is 0 Å². The van der Waals surface area contributed by atoms with E-state index in [0.717, 1.165) is 61.2 Å². The van der Waals surface area contributed by atoms with Gasteiger partial charge in [-0.2, -0.15) is 0 Å². The lowest BCUT2D eigenvalue weighted by molar-refractivity contribution is -0.117. The minimum atomic E-state index is -0.340. The summed E-state index contributed by atoms with van der Waals surface area (Å²) in [5, 5.41) is 0. The van der Waals surface area contributed by atoms with Gasteiger partial charge in [0, 0.05) is 32.1 Å². The highest BCUT2D eigenvalue weighted by atomic mass is 16.6. The molecule has 35 heavy (non-hydrogen) atoms. The summed E-state index contributed by atoms with van der Waals surface area (Å²) in [4.78, 5) is 43.1. The van der Waals surface area contributed by atoms with Crippen LogP contribution < -0.4 is 14.7 Å². The lowest BCUT2D eigenvalue weighted by Gasteiger charge is -2.41. The van der Waals surface area contributed by atoms with Gasteiger partial charge in [0.1, 0.15) is 6.10 Å². The second-order valence-corrected chi connectivity index (χ2v) is 9.89. The first-order valence-electron chi connectivity index (χ1n) is 12.7. The molecule has 0 aromatic heterocycles. The third-order valence-electron chi connectivity index (χ3n) is 7.38. The summed E-state index contributed by atoms with van der Waals surface area (Å²) in [5.41, 5.74) is 4.24. The lowest BCUT2D eigenvalue weighted by Crippen LogP contribution is -2.52. The van der Waals surface area contributed by atoms with Crippen LogP contribution in [0.4, 0.5) is 21.9 Å². The number of nitrogens with zero attached hydrogens (tertiary/aromatic N) is 3. The number of fused-ring (bicyclic) bond motifs is 1. The van der Waals surface area contributed by atoms with E-state index in [9.17, 15) is 14.4 Å². The largest absolute Gasteiger partial charge is 0.446 e. The predicted molar refractivity (Wildman–Crippen MR) is 137 cm³/mol. The molecule has 2 heterocycles. The van der Waals surface area contributed by atoms with Crippen molar-refractivity contribution in [2.45, 2.75) is 70.9 Å². The van der Waals surface area contributed by atoms with E-state index in [1.165, 1.54) is 6.42 Å². The maximum Gasteiger partial charge on any atom is 0.414 e. The first-order valence-corrected chi connectivity index (χ1v) is 12.7. The van der Waals surface area contributed by atoms with Crippen LogP contribution in [0.3, 0.4) is 0 Å². The second kappa shape index (κ2) is 9.72. The van der Waals surface area contributed by atoms with E-state index in [4.69, 9.17) is 4.74 Å². The average Bonchev–Trinajstić information content (AvgIpc) is 3.29. The van der Waals surface area contributed by atoms with Crippen LogP contribution >= 0.6 is 0 Å². The van der Waals surface area contributed by atoms with Crippen LogP contribution in [0.1, 0.15) is 58.8 Å². The SMILES string of the molecule is CC(=O)N1c2ccc(-c3ccc(N4CCCC4=O)cc3)cc2N(C(=O)OC2CCCCC2)CC1C. The Morgan fingerprint density at radius 2 is 1.63 bits per heavy atom. The molecule has 1 unspecified atom stereocenters. The Balaban J connectivity index is 1.46. The van der Waals surface area contributed by atoms with E-state index in [2.05, 4.69) is 0 Å². The fourth-order valence-electron chi connectivity index (χ4n) is 5.60. The molecule has 2 aromatic rings. The van der Waals surface area contributed by atoms with Crippen LogP contribution in [0, 0.1) is 0 Å². The Morgan fingerprint density at radius 1 is 0.914 bits per heavy atom. The monoisotopic (exact) mass is 475 g/mol. The highest BCUT2D eigenvalue weighted by Gasteiger charge is 2.35. The third-order valence-corrected chi connectivity index (χ3v) is 7.38. The summed E-state index contributed by atoms with van der Waals surface area (Å²) < 4.78 is 5.91. The summed E-state index contributed by atoms with van der Waals surface area (Å²) in [7, 11) is 0. The van der Waals surface area contributed by atoms with Crippen molar-refractivity contribution < 1.29 is 19.1 Å². The third kappa shape index (κ3) is 4.64. The van der Waals surface area contributed by atoms with Crippen LogP contribution in [0.5, 0.6) is 0 Å². The Hall–Kier alpha value is -3.35. The lowest BCUT2D eigenvalue weighted by atomic mass is 9.98. The molecule has 0 radical (unpaired) electrons. The fourth-order valence-corrected chi connectivity index (χ4v) is 5.60. The molecule has 3 amide bonds. The highest BCUT2D eigenvalue weighted by Crippen LogP contribution is 2.40. The van der Waals surface area contributed by atoms with Gasteiger partial charge in [-0.3, -0.25) is 14.5 Å². The Labute approximate surface area is 206 Å². The van der Waals surface area contributed by atoms with Crippen molar-refractivity contribution in [3.63, 3.8) is 0 Å². The van der Waals surface area contributed by atoms with Gasteiger partial charge in [-0.1, -0.05) is 24.6 Å². The van der Waals surface area contributed by atoms with E-state index in [-0.39, 0.29) is 30.1 Å². The van der Waals surface area contributed by atoms with Crippen molar-refractivity contribution in [2.24, 2.45) is 0 Å². The molecule has 5 rings (SSSR count). The maximum atomic E-state index is 13.3. The minimum absolute atomic E-state index is 0.0372. The number of carbonyl (C=O) groups is 3. The minimum Gasteiger partial charge on any atom is -0.446 e. The normalized spacial score (nSPS) is 20.7. The molecule has 0 N–H and O–H groups in total. The number of ether oxygens (including phenoxy) is 1. The summed E-state index contributed by atoms with van der Waals surface area (Å²) >= 11 is 0. The highest BCUT2D eigenvalue weighted by molar-refractivity contribution is 6.03. The van der Waals surface area contributed by atoms with E-state index < -0.39 is 0 Å². The van der Waals surface area contributed by atoms with E-state index in [1.807, 2.05) is 54.3 Å². The van der Waals surface area contributed by atoms with Gasteiger partial charge in [0.2, 0.25) is 11.8 Å². The number of hydrogen-bond donors (Lipinski definition) is 0. The van der Waals surface area contributed by atoms with E-state index in [0.29, 0.717) is 18.7 Å². The van der Waals surface area contributed by atoms with Crippen molar-refractivity contribution in [3.8, 4) is 11.1 Å². The molecular weight excluding hydrogens is 442 g/mol. The molecule has 1 atom stereocenters. The topological polar surface area (TPSA) is 70.2 Å². The standard InChI is InChI=1S/C28H33N3O4/c1-19-18-30(28(34)35-24-7-4-3-5-8-24)26-17-22(12-15-25(26)31(19)20(2)32)21-10-13-23(14-11-21)29-16-6-9-27(29)33/h10-15,17,19,24H,3-9,16,18H2,1-2H3. The molecular formula is C28H33N3O4. The summed E-state index contributed by atoms with van der Waals surface area (Å²) in [5.74, 6) is 0.114. The molecule has 184 valence electrons. The number of anilines is 3. The molecule has 1 aliphatic carbocycles. The molecule has 2 fully saturated rings. The van der Waals surface area contributed by atoms with Gasteiger partial charge in [-0.05, 0) is 74.4 Å². The number of benzene rings is 2. The maximum absolute atomic E-state index is 13.3. The molecule has 7 heteroatoms. The second-order valence-electron chi connectivity index (χ2n) is 9.89. The van der Waals surface area contributed by atoms with Crippen LogP contribution in [0.25, 0.3) is 11.1 Å². The van der Waals surface area contributed by atoms with Crippen molar-refractivity contribution in [1.29, 1.82) is 0 Å². The van der Waals surface area contributed by atoms with Gasteiger partial charge in [0.15, 0.2) is 0 Å². The van der Waals surface area contributed by atoms with Crippen molar-refractivity contribution >= 4 is 35.0 Å². The summed E-state index contributed by atoms with van der Waals surface area (Å²) in [6.45, 7) is 4.66. The molecule has 1 saturated heterocycles. The molecule has 0 spiro atoms. The fraction of sp³-hybridized carbons (Fsp3) is 0.464. The summed E-state index contributed by atoms with van der Waals surface area (Å²) in [6, 6.07) is 13.7. The predicted octanol–water partition coefficient (Wildman–Crippen LogP) is 5.51. The molecule has 0 bridgehead atoms. The van der Waals surface area contributed by atoms with Gasteiger partial charge in [0.05, 0.1) is 17.4 Å². The zero-order valence-electron chi connectivity index (χ0n) is 20.5. The summed E-state index contributed by atoms with van der Waals surface area (Å²) in [6.07, 6.45) is 6.31. The number of hydrogen-bond acceptors (Lipinski definition) is 4. The van der Waals surface area contributed by atoms with Gasteiger partial charge in [-0.15, -0.1) is 0 Å². The first-order chi connectivity index (χ1) is 16.9. The Morgan fingerprint density at radius 3 is 2.29 bits per heavy atom. The van der Waals surface area contributed by atoms with Crippen LogP contribution in [-0.2, 0) is 14.3 Å². The number of carbonyl (C=O) groups excluding carboxylic acids is 3. The van der Waals surface area contributed by atoms with Gasteiger partial charge in [-0.25, -0.2) is 4.79 Å². The smallest absolute Gasteiger partial charge is 0.414 e. The average molecular weight is 476 g/mol. The Kier molecular flexibility index (Phi) is 6.50. The van der Waals surface area contributed by atoms with E-state index in [1.54, 1.807) is 16.7 Å². The molecule has 1 saturated carbocycles. The molecule has 2 aromatic carbocycles. The van der Waals surface area contributed by atoms with Crippen molar-refractivity contribution in [3.05, 3.63) is 42.5 Å². The van der Waals surface area contributed by atoms with Crippen LogP contribution in [-0.4, -0.2) is 43.1 Å². The Bertz CT molecular complexity index is 1120. The zero-order valence-corrected chi connectivity index (χ0v) is 20.5. The zero-order chi connectivity index (χ0) is 24.5. The number of amides is 3. The van der Waals surface area contributed by atoms with E-state index >= 15 is 0 Å².